The highest BCUT2D eigenvalue weighted by Gasteiger charge is 2.36. The number of nitrogens with two attached hydrogens (primary N) is 1. The van der Waals surface area contributed by atoms with E-state index in [-0.39, 0.29) is 41.7 Å². The number of likely N-dealkylation sites (tertiary alicyclic amines) is 1. The van der Waals surface area contributed by atoms with Crippen LogP contribution in [0.1, 0.15) is 18.4 Å². The summed E-state index contributed by atoms with van der Waals surface area (Å²) in [6.45, 7) is 0.986. The number of nitrogens with zero attached hydrogens (tertiary/aromatic N) is 1. The monoisotopic (exact) mass is 506 g/mol. The van der Waals surface area contributed by atoms with E-state index in [1.54, 1.807) is 29.2 Å². The Kier molecular flexibility index (Phi) is 8.89. The zero-order valence-electron chi connectivity index (χ0n) is 19.1. The van der Waals surface area contributed by atoms with Gasteiger partial charge in [-0.15, -0.1) is 0 Å². The Balaban J connectivity index is 1.61. The molecule has 0 atom stereocenters. The van der Waals surface area contributed by atoms with Crippen molar-refractivity contribution >= 4 is 35.2 Å². The van der Waals surface area contributed by atoms with E-state index >= 15 is 0 Å². The Morgan fingerprint density at radius 3 is 2.46 bits per heavy atom. The van der Waals surface area contributed by atoms with Gasteiger partial charge in [0.2, 0.25) is 0 Å². The number of benzene rings is 2. The molecule has 0 saturated carbocycles. The van der Waals surface area contributed by atoms with Crippen molar-refractivity contribution in [2.24, 2.45) is 11.1 Å². The summed E-state index contributed by atoms with van der Waals surface area (Å²) in [4.78, 5) is 36.7. The summed E-state index contributed by atoms with van der Waals surface area (Å²) in [6, 6.07) is 10.1. The summed E-state index contributed by atoms with van der Waals surface area (Å²) in [6.07, 6.45) is 1.90. The topological polar surface area (TPSA) is 134 Å². The fourth-order valence-corrected chi connectivity index (χ4v) is 4.38. The first-order valence-electron chi connectivity index (χ1n) is 11.1. The van der Waals surface area contributed by atoms with Crippen LogP contribution in [0.4, 0.5) is 14.9 Å². The van der Waals surface area contributed by atoms with Crippen LogP contribution in [-0.4, -0.2) is 60.7 Å². The molecule has 0 unspecified atom stereocenters. The van der Waals surface area contributed by atoms with Gasteiger partial charge in [0, 0.05) is 24.7 Å². The van der Waals surface area contributed by atoms with Crippen molar-refractivity contribution in [1.29, 1.82) is 0 Å². The molecule has 2 aromatic rings. The smallest absolute Gasteiger partial charge is 0.317 e. The molecule has 188 valence electrons. The van der Waals surface area contributed by atoms with Crippen LogP contribution in [0.25, 0.3) is 0 Å². The maximum Gasteiger partial charge on any atom is 0.317 e. The summed E-state index contributed by atoms with van der Waals surface area (Å²) < 4.78 is 19.0. The van der Waals surface area contributed by atoms with Gasteiger partial charge >= 0.3 is 12.0 Å². The van der Waals surface area contributed by atoms with E-state index < -0.39 is 12.0 Å². The van der Waals surface area contributed by atoms with Gasteiger partial charge in [-0.3, -0.25) is 9.59 Å². The molecule has 11 heteroatoms. The highest BCUT2D eigenvalue weighted by Crippen LogP contribution is 2.35. The lowest BCUT2D eigenvalue weighted by atomic mass is 9.73. The van der Waals surface area contributed by atoms with Crippen molar-refractivity contribution < 1.29 is 28.6 Å². The van der Waals surface area contributed by atoms with E-state index in [2.05, 4.69) is 10.6 Å². The van der Waals surface area contributed by atoms with Crippen molar-refractivity contribution in [1.82, 2.24) is 10.2 Å². The molecule has 1 aliphatic rings. The maximum absolute atomic E-state index is 13.3. The number of hydrogen-bond acceptors (Lipinski definition) is 5. The number of rotatable bonds is 10. The number of anilines is 1. The van der Waals surface area contributed by atoms with Gasteiger partial charge in [0.1, 0.15) is 11.6 Å². The van der Waals surface area contributed by atoms with Crippen molar-refractivity contribution in [2.45, 2.75) is 19.3 Å². The molecule has 0 radical (unpaired) electrons. The zero-order valence-corrected chi connectivity index (χ0v) is 19.8. The Morgan fingerprint density at radius 1 is 1.14 bits per heavy atom. The molecular formula is C24H28ClFN4O5. The Bertz CT molecular complexity index is 1060. The second-order valence-corrected chi connectivity index (χ2v) is 9.04. The van der Waals surface area contributed by atoms with Crippen molar-refractivity contribution in [3.8, 4) is 5.75 Å². The molecule has 0 aromatic heterocycles. The summed E-state index contributed by atoms with van der Waals surface area (Å²) in [5.74, 6) is -1.22. The number of carbonyl (C=O) groups excluding carboxylic acids is 2. The van der Waals surface area contributed by atoms with Gasteiger partial charge in [0.15, 0.2) is 6.61 Å². The predicted octanol–water partition coefficient (Wildman–Crippen LogP) is 2.87. The normalized spacial score (nSPS) is 14.9. The minimum absolute atomic E-state index is 0.162. The van der Waals surface area contributed by atoms with Crippen LogP contribution in [0.5, 0.6) is 5.75 Å². The molecule has 1 fully saturated rings. The second-order valence-electron chi connectivity index (χ2n) is 8.60. The van der Waals surface area contributed by atoms with Crippen molar-refractivity contribution in [3.05, 3.63) is 58.9 Å². The number of carboxylic acid groups (broad SMARTS) is 1. The van der Waals surface area contributed by atoms with E-state index in [9.17, 15) is 18.8 Å². The maximum atomic E-state index is 13.3. The number of carbonyl (C=O) groups is 3. The summed E-state index contributed by atoms with van der Waals surface area (Å²) in [5.41, 5.74) is 6.11. The van der Waals surface area contributed by atoms with Gasteiger partial charge in [-0.25, -0.2) is 9.18 Å². The molecule has 1 saturated heterocycles. The number of halogens is 2. The third-order valence-corrected chi connectivity index (χ3v) is 6.23. The first-order valence-corrected chi connectivity index (χ1v) is 11.5. The number of amides is 3. The molecule has 0 aliphatic carbocycles. The minimum atomic E-state index is -0.945. The van der Waals surface area contributed by atoms with Crippen LogP contribution in [0.3, 0.4) is 0 Å². The quantitative estimate of drug-likeness (QED) is 0.391. The van der Waals surface area contributed by atoms with Crippen LogP contribution in [0.2, 0.25) is 5.02 Å². The van der Waals surface area contributed by atoms with Gasteiger partial charge in [0.25, 0.3) is 5.91 Å². The number of primary amides is 1. The fourth-order valence-electron chi connectivity index (χ4n) is 4.21. The van der Waals surface area contributed by atoms with E-state index in [0.717, 1.165) is 5.56 Å². The molecule has 0 bridgehead atoms. The van der Waals surface area contributed by atoms with Crippen LogP contribution in [0, 0.1) is 11.2 Å². The third kappa shape index (κ3) is 7.83. The standard InChI is InChI=1S/C24H28ClFN4O5/c25-17-3-6-20(19(11-17)29-23(27)34)35-14-21(31)30-9-7-24(8-10-30,15-28-13-22(32)33)12-16-1-4-18(26)5-2-16/h1-6,11,28H,7-10,12-15H2,(H,32,33)(H3,27,29,34). The third-order valence-electron chi connectivity index (χ3n) is 6.00. The number of piperidine rings is 1. The molecular weight excluding hydrogens is 479 g/mol. The summed E-state index contributed by atoms with van der Waals surface area (Å²) in [5, 5.41) is 14.8. The number of hydrogen-bond donors (Lipinski definition) is 4. The lowest BCUT2D eigenvalue weighted by Gasteiger charge is -2.42. The number of ether oxygens (including phenoxy) is 1. The first kappa shape index (κ1) is 26.2. The molecule has 35 heavy (non-hydrogen) atoms. The number of aliphatic carboxylic acids is 1. The highest BCUT2D eigenvalue weighted by molar-refractivity contribution is 6.31. The Morgan fingerprint density at radius 2 is 1.83 bits per heavy atom. The van der Waals surface area contributed by atoms with Crippen molar-refractivity contribution in [2.75, 3.05) is 38.1 Å². The van der Waals surface area contributed by atoms with Gasteiger partial charge in [-0.2, -0.15) is 0 Å². The molecule has 0 spiro atoms. The van der Waals surface area contributed by atoms with Gasteiger partial charge < -0.3 is 31.1 Å². The highest BCUT2D eigenvalue weighted by atomic mass is 35.5. The van der Waals surface area contributed by atoms with E-state index in [1.807, 2.05) is 0 Å². The van der Waals surface area contributed by atoms with Crippen molar-refractivity contribution in [3.63, 3.8) is 0 Å². The van der Waals surface area contributed by atoms with Crippen LogP contribution in [0.15, 0.2) is 42.5 Å². The van der Waals surface area contributed by atoms with E-state index in [4.69, 9.17) is 27.2 Å². The average molecular weight is 507 g/mol. The molecule has 9 nitrogen and oxygen atoms in total. The predicted molar refractivity (Wildman–Crippen MR) is 129 cm³/mol. The van der Waals surface area contributed by atoms with Crippen LogP contribution >= 0.6 is 11.6 Å². The van der Waals surface area contributed by atoms with Gasteiger partial charge in [-0.05, 0) is 60.6 Å². The average Bonchev–Trinajstić information content (AvgIpc) is 2.80. The summed E-state index contributed by atoms with van der Waals surface area (Å²) >= 11 is 5.95. The number of carboxylic acids is 1. The van der Waals surface area contributed by atoms with Gasteiger partial charge in [-0.1, -0.05) is 23.7 Å². The lowest BCUT2D eigenvalue weighted by molar-refractivity contribution is -0.136. The van der Waals surface area contributed by atoms with Crippen LogP contribution < -0.4 is 21.1 Å². The Labute approximate surface area is 207 Å². The SMILES string of the molecule is NC(=O)Nc1cc(Cl)ccc1OCC(=O)N1CCC(CNCC(=O)O)(Cc2ccc(F)cc2)CC1. The Hall–Kier alpha value is -3.37. The largest absolute Gasteiger partial charge is 0.482 e. The van der Waals surface area contributed by atoms with Crippen LogP contribution in [-0.2, 0) is 16.0 Å². The number of nitrogens with one attached hydrogen (secondary N) is 2. The van der Waals surface area contributed by atoms with E-state index in [1.165, 1.54) is 18.2 Å². The summed E-state index contributed by atoms with van der Waals surface area (Å²) in [7, 11) is 0. The molecule has 1 heterocycles. The minimum Gasteiger partial charge on any atom is -0.482 e. The lowest BCUT2D eigenvalue weighted by Crippen LogP contribution is -2.49. The molecule has 5 N–H and O–H groups in total. The second kappa shape index (κ2) is 11.9. The molecule has 3 amide bonds. The number of urea groups is 1. The first-order chi connectivity index (χ1) is 16.7. The molecule has 1 aliphatic heterocycles. The van der Waals surface area contributed by atoms with E-state index in [0.29, 0.717) is 43.9 Å². The molecule has 3 rings (SSSR count). The zero-order chi connectivity index (χ0) is 25.4. The molecule has 2 aromatic carbocycles. The fraction of sp³-hybridized carbons (Fsp3) is 0.375. The van der Waals surface area contributed by atoms with Gasteiger partial charge in [0.05, 0.1) is 12.2 Å².